The molecule has 3 heterocycles. The van der Waals surface area contributed by atoms with E-state index in [0.717, 1.165) is 67.4 Å². The lowest BCUT2D eigenvalue weighted by molar-refractivity contribution is -0.239. The van der Waals surface area contributed by atoms with E-state index >= 15 is 0 Å². The number of rotatable bonds is 20. The van der Waals surface area contributed by atoms with Crippen LogP contribution in [0, 0.1) is 80.3 Å². The molecular formula is C87H109F3O20S2. The first-order chi connectivity index (χ1) is 52.5. The molecule has 20 nitrogen and oxygen atoms in total. The Morgan fingerprint density at radius 2 is 1.12 bits per heavy atom. The summed E-state index contributed by atoms with van der Waals surface area (Å²) >= 11 is 0. The van der Waals surface area contributed by atoms with E-state index < -0.39 is 97.1 Å². The number of aromatic hydroxyl groups is 2. The van der Waals surface area contributed by atoms with Gasteiger partial charge in [-0.2, -0.15) is 13.2 Å². The fraction of sp³-hybridized carbons (Fsp3) is 0.609. The van der Waals surface area contributed by atoms with Crippen LogP contribution < -0.4 is 4.74 Å². The molecule has 112 heavy (non-hydrogen) atoms. The van der Waals surface area contributed by atoms with E-state index in [-0.39, 0.29) is 98.8 Å². The van der Waals surface area contributed by atoms with Crippen LogP contribution in [-0.4, -0.2) is 124 Å². The van der Waals surface area contributed by atoms with E-state index in [0.29, 0.717) is 63.0 Å². The molecular weight excluding hydrogens is 1490 g/mol. The Balaban J connectivity index is 0.000000140. The van der Waals surface area contributed by atoms with Gasteiger partial charge in [0.2, 0.25) is 6.10 Å². The number of phenols is 2. The third-order valence-electron chi connectivity index (χ3n) is 26.5. The SMILES string of the molecule is CCC(C)(C)C(=O)OC1(CC)CC2CC1C1C3CCC(C3)C21.CCC(C)(C)C(=O)OC12CC3CC(C1)CC(C(=O)OC(CS(=O)(=O)[O-])C(F)(F)F)(C3)C2.CCC(C)(C)C(=O)OC1C2CC3C(=O)OC1C3O2.CCC(C)(C)C(=O)Oc1ccc(O)c2c1C(=O)C=CC2=O.Oc1ccc([S+](c2ccccc2)c2ccccc2)cc1. The standard InChI is InChI=1S/C20H29F3O7S.C20H32O2.C18H14OS.C16H16O5.C13H18O5/c1-4-17(2,3)15(24)30-19-8-12-5-13(9-19)7-18(6-12,11-19)16(25)29-14(20(21,22)23)10-31(26,27)28;1-5-19(3,4)18(21)22-20(6-2)11-14-10-15(20)17-13-8-7-12(9-13)16(14)17;19-15-11-13-18(14-12-15)20(16-7-3-1-4-8-16)17-9-5-2-6-10-17;1-4-16(2,3)15(20)21-12-8-7-10(18)13-9(17)5-6-11(19)14(12)13;1-4-13(2,3)12(15)18-9-7-5-6-8(16-7)10(9)17-11(6)14/h12-14H,4-11H2,1-3H3,(H,26,27,28);12-17H,5-11H2,1-4H3;1-14H;5-8,18H,4H2,1-3H3;6-10H,4-5H2,1-3H3. The maximum Gasteiger partial charge on any atom is 0.426 e. The van der Waals surface area contributed by atoms with E-state index in [2.05, 4.69) is 67.1 Å². The highest BCUT2D eigenvalue weighted by atomic mass is 32.2. The minimum Gasteiger partial charge on any atom is -0.748 e. The Labute approximate surface area is 658 Å². The van der Waals surface area contributed by atoms with Crippen LogP contribution in [-0.2, 0) is 78.2 Å². The molecule has 4 aromatic carbocycles. The highest BCUT2D eigenvalue weighted by molar-refractivity contribution is 7.97. The predicted octanol–water partition coefficient (Wildman–Crippen LogP) is 16.3. The normalized spacial score (nSPS) is 30.1. The number of hydrogen-bond acceptors (Lipinski definition) is 20. The van der Waals surface area contributed by atoms with Crippen molar-refractivity contribution in [3.05, 3.63) is 120 Å². The maximum atomic E-state index is 13.3. The van der Waals surface area contributed by atoms with Gasteiger partial charge in [-0.25, -0.2) is 8.42 Å². The van der Waals surface area contributed by atoms with E-state index in [1.165, 1.54) is 52.5 Å². The summed E-state index contributed by atoms with van der Waals surface area (Å²) in [4.78, 5) is 102. The average molecular weight is 1600 g/mol. The van der Waals surface area contributed by atoms with Gasteiger partial charge in [0.1, 0.15) is 34.6 Å². The molecule has 8 saturated carbocycles. The average Bonchev–Trinajstić information content (AvgIpc) is 1.46. The maximum absolute atomic E-state index is 13.3. The zero-order chi connectivity index (χ0) is 81.8. The summed E-state index contributed by atoms with van der Waals surface area (Å²) in [7, 11) is -5.41. The van der Waals surface area contributed by atoms with Crippen molar-refractivity contribution < 1.29 is 108 Å². The largest absolute Gasteiger partial charge is 0.748 e. The van der Waals surface area contributed by atoms with Crippen molar-refractivity contribution in [2.24, 2.45) is 80.3 Å². The van der Waals surface area contributed by atoms with Crippen LogP contribution in [0.4, 0.5) is 13.2 Å². The molecule has 0 amide bonds. The topological polar surface area (TPSA) is 299 Å². The Morgan fingerprint density at radius 3 is 1.65 bits per heavy atom. The van der Waals surface area contributed by atoms with Crippen molar-refractivity contribution in [1.29, 1.82) is 0 Å². The van der Waals surface area contributed by atoms with Crippen molar-refractivity contribution in [2.75, 3.05) is 5.75 Å². The summed E-state index contributed by atoms with van der Waals surface area (Å²) in [6.45, 7) is 24.7. The van der Waals surface area contributed by atoms with E-state index in [4.69, 9.17) is 28.4 Å². The molecule has 15 atom stereocenters. The van der Waals surface area contributed by atoms with Crippen molar-refractivity contribution in [3.63, 3.8) is 0 Å². The number of benzene rings is 4. The minimum atomic E-state index is -5.27. The number of ketones is 2. The number of hydrogen-bond donors (Lipinski definition) is 2. The molecule has 16 rings (SSSR count). The Morgan fingerprint density at radius 1 is 0.598 bits per heavy atom. The van der Waals surface area contributed by atoms with Gasteiger partial charge >= 0.3 is 42.0 Å². The van der Waals surface area contributed by atoms with Crippen molar-refractivity contribution in [2.45, 2.75) is 262 Å². The van der Waals surface area contributed by atoms with E-state index in [1.54, 1.807) is 39.8 Å². The van der Waals surface area contributed by atoms with Gasteiger partial charge in [0.05, 0.1) is 77.0 Å². The van der Waals surface area contributed by atoms with Gasteiger partial charge in [-0.15, -0.1) is 0 Å². The number of fused-ring (bicyclic) bond motifs is 11. The van der Waals surface area contributed by atoms with Crippen LogP contribution in [0.1, 0.15) is 220 Å². The van der Waals surface area contributed by atoms with E-state index in [9.17, 15) is 74.7 Å². The second-order valence-corrected chi connectivity index (χ2v) is 39.0. The Hall–Kier alpha value is -7.61. The number of carbonyl (C=O) groups is 8. The summed E-state index contributed by atoms with van der Waals surface area (Å²) in [6, 6.07) is 31.0. The van der Waals surface area contributed by atoms with Gasteiger partial charge in [0, 0.05) is 12.3 Å². The lowest BCUT2D eigenvalue weighted by atomic mass is 9.48. The molecule has 4 aromatic rings. The molecule has 610 valence electrons. The molecule has 12 aliphatic rings. The van der Waals surface area contributed by atoms with Crippen molar-refractivity contribution in [1.82, 2.24) is 0 Å². The molecule has 10 bridgehead atoms. The van der Waals surface area contributed by atoms with Crippen molar-refractivity contribution in [3.8, 4) is 17.2 Å². The van der Waals surface area contributed by atoms with Gasteiger partial charge in [-0.3, -0.25) is 38.4 Å². The fourth-order valence-corrected chi connectivity index (χ4v) is 21.9. The molecule has 3 saturated heterocycles. The monoisotopic (exact) mass is 1590 g/mol. The zero-order valence-electron chi connectivity index (χ0n) is 66.4. The lowest BCUT2D eigenvalue weighted by Crippen LogP contribution is -2.61. The number of ether oxygens (including phenoxy) is 7. The zero-order valence-corrected chi connectivity index (χ0v) is 68.0. The Kier molecular flexibility index (Phi) is 24.8. The van der Waals surface area contributed by atoms with Gasteiger partial charge in [-0.1, -0.05) is 71.0 Å². The highest BCUT2D eigenvalue weighted by Gasteiger charge is 2.69. The first-order valence-electron chi connectivity index (χ1n) is 39.7. The summed E-state index contributed by atoms with van der Waals surface area (Å²) in [5.41, 5.74) is -4.82. The van der Waals surface area contributed by atoms with Gasteiger partial charge in [-0.05, 0) is 272 Å². The van der Waals surface area contributed by atoms with Crippen LogP contribution in [0.3, 0.4) is 0 Å². The molecule has 3 aliphatic heterocycles. The molecule has 0 spiro atoms. The molecule has 9 aliphatic carbocycles. The third-order valence-corrected chi connectivity index (χ3v) is 29.5. The number of halogens is 3. The molecule has 15 unspecified atom stereocenters. The van der Waals surface area contributed by atoms with Gasteiger partial charge in [0.15, 0.2) is 38.5 Å². The van der Waals surface area contributed by atoms with Crippen molar-refractivity contribution >= 4 is 68.4 Å². The molecule has 0 radical (unpaired) electrons. The molecule has 0 aromatic heterocycles. The molecule has 11 fully saturated rings. The third kappa shape index (κ3) is 17.6. The molecule has 2 N–H and O–H groups in total. The smallest absolute Gasteiger partial charge is 0.426 e. The summed E-state index contributed by atoms with van der Waals surface area (Å²) in [5, 5.41) is 19.2. The summed E-state index contributed by atoms with van der Waals surface area (Å²) < 4.78 is 111. The number of alkyl halides is 3. The first kappa shape index (κ1) is 85.3. The quantitative estimate of drug-likeness (QED) is 0.0207. The molecule has 25 heteroatoms. The summed E-state index contributed by atoms with van der Waals surface area (Å²) in [6.07, 6.45) is 6.54. The second kappa shape index (κ2) is 32.6. The van der Waals surface area contributed by atoms with Crippen LogP contribution >= 0.6 is 0 Å². The van der Waals surface area contributed by atoms with Crippen LogP contribution in [0.25, 0.3) is 0 Å². The van der Waals surface area contributed by atoms with Gasteiger partial charge < -0.3 is 47.9 Å². The number of allylic oxidation sites excluding steroid dienone is 2. The highest BCUT2D eigenvalue weighted by Crippen LogP contribution is 2.71. The second-order valence-electron chi connectivity index (χ2n) is 35.5. The lowest BCUT2D eigenvalue weighted by Gasteiger charge is -2.60. The number of carbonyl (C=O) groups excluding carboxylic acids is 8. The van der Waals surface area contributed by atoms with E-state index in [1.807, 2.05) is 72.7 Å². The summed E-state index contributed by atoms with van der Waals surface area (Å²) in [5.74, 6) is -0.0972. The van der Waals surface area contributed by atoms with Gasteiger partial charge in [0.25, 0.3) is 0 Å². The predicted molar refractivity (Wildman–Crippen MR) is 407 cm³/mol. The van der Waals surface area contributed by atoms with Crippen LogP contribution in [0.2, 0.25) is 0 Å². The number of phenolic OH excluding ortho intramolecular Hbond substituents is 2. The minimum absolute atomic E-state index is 0.00100. The number of esters is 6. The fourth-order valence-electron chi connectivity index (χ4n) is 19.2. The first-order valence-corrected chi connectivity index (χ1v) is 42.5. The van der Waals surface area contributed by atoms with Crippen LogP contribution in [0.15, 0.2) is 124 Å². The van der Waals surface area contributed by atoms with Crippen LogP contribution in [0.5, 0.6) is 17.2 Å². The Bertz CT molecular complexity index is 4270.